The predicted molar refractivity (Wildman–Crippen MR) is 92.9 cm³/mol. The fourth-order valence-corrected chi connectivity index (χ4v) is 3.05. The maximum absolute atomic E-state index is 14.6. The number of amides is 3. The van der Waals surface area contributed by atoms with E-state index < -0.39 is 18.0 Å². The minimum atomic E-state index is -0.564. The molecule has 26 heavy (non-hydrogen) atoms. The highest BCUT2D eigenvalue weighted by Crippen LogP contribution is 2.29. The molecule has 138 valence electrons. The maximum Gasteiger partial charge on any atom is 0.414 e. The van der Waals surface area contributed by atoms with E-state index in [4.69, 9.17) is 4.74 Å². The number of nitrogens with one attached hydrogen (secondary N) is 1. The zero-order valence-electron chi connectivity index (χ0n) is 14.4. The average molecular weight is 361 g/mol. The number of benzene rings is 1. The molecule has 0 saturated carbocycles. The second-order valence-electron chi connectivity index (χ2n) is 6.30. The topological polar surface area (TPSA) is 79.0 Å². The van der Waals surface area contributed by atoms with Crippen LogP contribution in [0.1, 0.15) is 18.9 Å². The van der Waals surface area contributed by atoms with Crippen LogP contribution in [0.4, 0.5) is 14.9 Å². The summed E-state index contributed by atoms with van der Waals surface area (Å²) >= 11 is 0. The molecule has 8 heteroatoms. The molecule has 0 bridgehead atoms. The maximum atomic E-state index is 14.6. The van der Waals surface area contributed by atoms with E-state index in [1.54, 1.807) is 17.0 Å². The van der Waals surface area contributed by atoms with Crippen LogP contribution >= 0.6 is 0 Å². The molecule has 1 N–H and O–H groups in total. The van der Waals surface area contributed by atoms with Crippen LogP contribution < -0.4 is 10.2 Å². The van der Waals surface area contributed by atoms with E-state index in [-0.39, 0.29) is 19.0 Å². The Morgan fingerprint density at radius 1 is 1.46 bits per heavy atom. The van der Waals surface area contributed by atoms with Crippen LogP contribution in [0.15, 0.2) is 24.3 Å². The standard InChI is InChI=1S/C18H20FN3O4/c1-12(24)20-9-15-10-22(18(25)26-15)14-2-3-16(17(19)8-14)13-4-6-21(11-23)7-5-13/h2-4,8,11,15H,5-7,9-10H2,1H3,(H,20,24)/t15-/m0/s1. The first-order chi connectivity index (χ1) is 12.5. The molecule has 1 saturated heterocycles. The first-order valence-electron chi connectivity index (χ1n) is 8.39. The lowest BCUT2D eigenvalue weighted by atomic mass is 9.98. The minimum absolute atomic E-state index is 0.205. The van der Waals surface area contributed by atoms with Crippen molar-refractivity contribution in [2.75, 3.05) is 31.1 Å². The first-order valence-corrected chi connectivity index (χ1v) is 8.39. The summed E-state index contributed by atoms with van der Waals surface area (Å²) in [5.74, 6) is -0.629. The number of anilines is 1. The van der Waals surface area contributed by atoms with Crippen LogP contribution in [0.2, 0.25) is 0 Å². The summed E-state index contributed by atoms with van der Waals surface area (Å²) in [5.41, 5.74) is 1.73. The smallest absolute Gasteiger partial charge is 0.414 e. The van der Waals surface area contributed by atoms with Crippen LogP contribution in [0.5, 0.6) is 0 Å². The molecule has 3 amide bonds. The van der Waals surface area contributed by atoms with Gasteiger partial charge >= 0.3 is 6.09 Å². The van der Waals surface area contributed by atoms with Crippen molar-refractivity contribution in [2.45, 2.75) is 19.4 Å². The van der Waals surface area contributed by atoms with E-state index in [1.165, 1.54) is 17.9 Å². The van der Waals surface area contributed by atoms with E-state index >= 15 is 0 Å². The van der Waals surface area contributed by atoms with Gasteiger partial charge in [-0.15, -0.1) is 0 Å². The van der Waals surface area contributed by atoms with Gasteiger partial charge in [-0.1, -0.05) is 6.08 Å². The molecule has 0 aromatic heterocycles. The third-order valence-electron chi connectivity index (χ3n) is 4.45. The van der Waals surface area contributed by atoms with Gasteiger partial charge in [0.25, 0.3) is 0 Å². The van der Waals surface area contributed by atoms with Crippen molar-refractivity contribution in [3.8, 4) is 0 Å². The Hall–Kier alpha value is -2.90. The summed E-state index contributed by atoms with van der Waals surface area (Å²) in [6.07, 6.45) is 2.17. The highest BCUT2D eigenvalue weighted by atomic mass is 19.1. The van der Waals surface area contributed by atoms with Crippen molar-refractivity contribution in [3.05, 3.63) is 35.7 Å². The molecule has 1 fully saturated rings. The third kappa shape index (κ3) is 3.84. The molecule has 1 aromatic carbocycles. The minimum Gasteiger partial charge on any atom is -0.442 e. The largest absolute Gasteiger partial charge is 0.442 e. The number of nitrogens with zero attached hydrogens (tertiary/aromatic N) is 2. The lowest BCUT2D eigenvalue weighted by Gasteiger charge is -2.23. The van der Waals surface area contributed by atoms with E-state index in [0.717, 1.165) is 12.0 Å². The molecule has 1 aromatic rings. The molecule has 0 aliphatic carbocycles. The normalized spacial score (nSPS) is 19.8. The number of hydrogen-bond acceptors (Lipinski definition) is 4. The SMILES string of the molecule is CC(=O)NC[C@H]1CN(c2ccc(C3=CCN(C=O)CC3)c(F)c2)C(=O)O1. The summed E-state index contributed by atoms with van der Waals surface area (Å²) < 4.78 is 19.8. The average Bonchev–Trinajstić information content (AvgIpc) is 3.01. The molecular weight excluding hydrogens is 341 g/mol. The molecule has 2 aliphatic heterocycles. The molecule has 0 radical (unpaired) electrons. The van der Waals surface area contributed by atoms with E-state index in [9.17, 15) is 18.8 Å². The number of ether oxygens (including phenoxy) is 1. The molecular formula is C18H20FN3O4. The van der Waals surface area contributed by atoms with Gasteiger partial charge in [0.15, 0.2) is 0 Å². The number of cyclic esters (lactones) is 1. The Balaban J connectivity index is 1.72. The molecule has 7 nitrogen and oxygen atoms in total. The fourth-order valence-electron chi connectivity index (χ4n) is 3.05. The number of halogens is 1. The van der Waals surface area contributed by atoms with Gasteiger partial charge in [0, 0.05) is 25.6 Å². The van der Waals surface area contributed by atoms with Gasteiger partial charge < -0.3 is 15.0 Å². The van der Waals surface area contributed by atoms with E-state index in [2.05, 4.69) is 5.32 Å². The van der Waals surface area contributed by atoms with Crippen LogP contribution in [-0.4, -0.2) is 55.6 Å². The second kappa shape index (κ2) is 7.55. The second-order valence-corrected chi connectivity index (χ2v) is 6.30. The summed E-state index contributed by atoms with van der Waals surface area (Å²) in [7, 11) is 0. The van der Waals surface area contributed by atoms with Gasteiger partial charge in [0.1, 0.15) is 11.9 Å². The van der Waals surface area contributed by atoms with Crippen molar-refractivity contribution < 1.29 is 23.5 Å². The van der Waals surface area contributed by atoms with Crippen molar-refractivity contribution in [1.82, 2.24) is 10.2 Å². The molecule has 0 spiro atoms. The molecule has 2 aliphatic rings. The third-order valence-corrected chi connectivity index (χ3v) is 4.45. The van der Waals surface area contributed by atoms with Gasteiger partial charge in [0.05, 0.1) is 18.8 Å². The Kier molecular flexibility index (Phi) is 5.20. The fraction of sp³-hybridized carbons (Fsp3) is 0.389. The highest BCUT2D eigenvalue weighted by molar-refractivity contribution is 5.90. The number of hydrogen-bond donors (Lipinski definition) is 1. The van der Waals surface area contributed by atoms with Gasteiger partial charge in [-0.2, -0.15) is 0 Å². The van der Waals surface area contributed by atoms with E-state index in [1.807, 2.05) is 6.08 Å². The van der Waals surface area contributed by atoms with Crippen LogP contribution in [0.25, 0.3) is 5.57 Å². The highest BCUT2D eigenvalue weighted by Gasteiger charge is 2.32. The number of carbonyl (C=O) groups is 3. The summed E-state index contributed by atoms with van der Waals surface area (Å²) in [6, 6.07) is 4.62. The van der Waals surface area contributed by atoms with Gasteiger partial charge in [-0.3, -0.25) is 14.5 Å². The van der Waals surface area contributed by atoms with Crippen molar-refractivity contribution >= 4 is 29.7 Å². The summed E-state index contributed by atoms with van der Waals surface area (Å²) in [6.45, 7) is 2.87. The Bertz CT molecular complexity index is 765. The lowest BCUT2D eigenvalue weighted by Crippen LogP contribution is -2.33. The Morgan fingerprint density at radius 3 is 2.88 bits per heavy atom. The predicted octanol–water partition coefficient (Wildman–Crippen LogP) is 1.53. The lowest BCUT2D eigenvalue weighted by molar-refractivity contribution is -0.119. The summed E-state index contributed by atoms with van der Waals surface area (Å²) in [4.78, 5) is 36.7. The van der Waals surface area contributed by atoms with Crippen LogP contribution in [0.3, 0.4) is 0 Å². The van der Waals surface area contributed by atoms with Gasteiger partial charge in [0.2, 0.25) is 12.3 Å². The summed E-state index contributed by atoms with van der Waals surface area (Å²) in [5, 5.41) is 2.60. The number of rotatable bonds is 5. The molecule has 2 heterocycles. The van der Waals surface area contributed by atoms with E-state index in [0.29, 0.717) is 30.8 Å². The molecule has 3 rings (SSSR count). The van der Waals surface area contributed by atoms with Crippen molar-refractivity contribution in [3.63, 3.8) is 0 Å². The van der Waals surface area contributed by atoms with Crippen LogP contribution in [0, 0.1) is 5.82 Å². The molecule has 0 unspecified atom stereocenters. The van der Waals surface area contributed by atoms with Crippen molar-refractivity contribution in [1.29, 1.82) is 0 Å². The van der Waals surface area contributed by atoms with Crippen LogP contribution in [-0.2, 0) is 14.3 Å². The monoisotopic (exact) mass is 361 g/mol. The zero-order chi connectivity index (χ0) is 18.7. The molecule has 1 atom stereocenters. The quantitative estimate of drug-likeness (QED) is 0.807. The van der Waals surface area contributed by atoms with Crippen molar-refractivity contribution in [2.24, 2.45) is 0 Å². The Morgan fingerprint density at radius 2 is 2.27 bits per heavy atom. The Labute approximate surface area is 150 Å². The van der Waals surface area contributed by atoms with Gasteiger partial charge in [-0.05, 0) is 30.2 Å². The number of carbonyl (C=O) groups excluding carboxylic acids is 3. The van der Waals surface area contributed by atoms with Gasteiger partial charge in [-0.25, -0.2) is 9.18 Å². The first kappa shape index (κ1) is 17.9. The zero-order valence-corrected chi connectivity index (χ0v) is 14.4.